The molecule has 122 valence electrons. The predicted molar refractivity (Wildman–Crippen MR) is 87.4 cm³/mol. The highest BCUT2D eigenvalue weighted by molar-refractivity contribution is 5.82. The summed E-state index contributed by atoms with van der Waals surface area (Å²) in [6, 6.07) is 0.158. The monoisotopic (exact) mass is 295 g/mol. The number of likely N-dealkylation sites (tertiary alicyclic amines) is 1. The van der Waals surface area contributed by atoms with Crippen LogP contribution in [0.1, 0.15) is 51.9 Å². The summed E-state index contributed by atoms with van der Waals surface area (Å²) in [7, 11) is 2.09. The maximum atomic E-state index is 12.5. The lowest BCUT2D eigenvalue weighted by Crippen LogP contribution is -2.53. The minimum absolute atomic E-state index is 0.158. The Morgan fingerprint density at radius 3 is 2.33 bits per heavy atom. The molecule has 0 spiro atoms. The highest BCUT2D eigenvalue weighted by Gasteiger charge is 2.32. The Morgan fingerprint density at radius 2 is 1.71 bits per heavy atom. The standard InChI is InChI=1S/C17H33N3O/c1-3-4-5-6-7-11-19-12-14-20(15-13-19)17(21)16-9-8-10-18(16)2/h16H,3-15H2,1-2H3/t16-/m0/s1. The molecule has 1 atom stereocenters. The fourth-order valence-corrected chi connectivity index (χ4v) is 3.56. The van der Waals surface area contributed by atoms with Gasteiger partial charge in [-0.1, -0.05) is 32.6 Å². The molecule has 0 aliphatic carbocycles. The number of piperazine rings is 1. The quantitative estimate of drug-likeness (QED) is 0.674. The molecular formula is C17H33N3O. The van der Waals surface area contributed by atoms with Crippen LogP contribution in [-0.2, 0) is 4.79 Å². The van der Waals surface area contributed by atoms with Crippen molar-refractivity contribution in [1.82, 2.24) is 14.7 Å². The first-order valence-corrected chi connectivity index (χ1v) is 8.93. The van der Waals surface area contributed by atoms with Crippen molar-refractivity contribution in [2.75, 3.05) is 46.3 Å². The van der Waals surface area contributed by atoms with Crippen molar-refractivity contribution < 1.29 is 4.79 Å². The zero-order valence-corrected chi connectivity index (χ0v) is 14.0. The van der Waals surface area contributed by atoms with E-state index >= 15 is 0 Å². The highest BCUT2D eigenvalue weighted by Crippen LogP contribution is 2.18. The van der Waals surface area contributed by atoms with E-state index < -0.39 is 0 Å². The predicted octanol–water partition coefficient (Wildman–Crippen LogP) is 2.20. The van der Waals surface area contributed by atoms with Gasteiger partial charge in [-0.3, -0.25) is 14.6 Å². The molecule has 21 heavy (non-hydrogen) atoms. The minimum Gasteiger partial charge on any atom is -0.339 e. The van der Waals surface area contributed by atoms with Crippen molar-refractivity contribution in [3.63, 3.8) is 0 Å². The average Bonchev–Trinajstić information content (AvgIpc) is 2.93. The van der Waals surface area contributed by atoms with Gasteiger partial charge in [0, 0.05) is 26.2 Å². The summed E-state index contributed by atoms with van der Waals surface area (Å²) in [4.78, 5) is 19.4. The first kappa shape index (κ1) is 16.8. The number of nitrogens with zero attached hydrogens (tertiary/aromatic N) is 3. The smallest absolute Gasteiger partial charge is 0.240 e. The summed E-state index contributed by atoms with van der Waals surface area (Å²) in [5.41, 5.74) is 0. The van der Waals surface area contributed by atoms with Crippen molar-refractivity contribution in [3.05, 3.63) is 0 Å². The zero-order valence-electron chi connectivity index (χ0n) is 14.0. The molecule has 0 radical (unpaired) electrons. The van der Waals surface area contributed by atoms with Crippen LogP contribution in [0, 0.1) is 0 Å². The lowest BCUT2D eigenvalue weighted by molar-refractivity contribution is -0.137. The summed E-state index contributed by atoms with van der Waals surface area (Å²) >= 11 is 0. The molecule has 4 nitrogen and oxygen atoms in total. The lowest BCUT2D eigenvalue weighted by Gasteiger charge is -2.36. The van der Waals surface area contributed by atoms with Gasteiger partial charge in [-0.05, 0) is 39.4 Å². The second-order valence-electron chi connectivity index (χ2n) is 6.72. The van der Waals surface area contributed by atoms with E-state index in [-0.39, 0.29) is 6.04 Å². The number of unbranched alkanes of at least 4 members (excludes halogenated alkanes) is 4. The molecule has 2 fully saturated rings. The molecule has 0 N–H and O–H groups in total. The van der Waals surface area contributed by atoms with Crippen LogP contribution < -0.4 is 0 Å². The van der Waals surface area contributed by atoms with Gasteiger partial charge in [-0.25, -0.2) is 0 Å². The molecule has 2 aliphatic heterocycles. The first-order valence-electron chi connectivity index (χ1n) is 8.93. The molecule has 2 heterocycles. The number of hydrogen-bond acceptors (Lipinski definition) is 3. The number of carbonyl (C=O) groups is 1. The van der Waals surface area contributed by atoms with E-state index in [0.29, 0.717) is 5.91 Å². The van der Waals surface area contributed by atoms with E-state index in [0.717, 1.165) is 39.1 Å². The third-order valence-electron chi connectivity index (χ3n) is 5.07. The van der Waals surface area contributed by atoms with Gasteiger partial charge in [0.05, 0.1) is 6.04 Å². The number of amides is 1. The van der Waals surface area contributed by atoms with Crippen LogP contribution in [0.5, 0.6) is 0 Å². The SMILES string of the molecule is CCCCCCCN1CCN(C(=O)[C@@H]2CCCN2C)CC1. The summed E-state index contributed by atoms with van der Waals surface area (Å²) in [6.45, 7) is 8.55. The fraction of sp³-hybridized carbons (Fsp3) is 0.941. The van der Waals surface area contributed by atoms with Crippen LogP contribution in [0.15, 0.2) is 0 Å². The van der Waals surface area contributed by atoms with Crippen LogP contribution in [-0.4, -0.2) is 73.0 Å². The summed E-state index contributed by atoms with van der Waals surface area (Å²) in [6.07, 6.45) is 8.97. The zero-order chi connectivity index (χ0) is 15.1. The van der Waals surface area contributed by atoms with E-state index in [9.17, 15) is 4.79 Å². The van der Waals surface area contributed by atoms with Gasteiger partial charge in [0.1, 0.15) is 0 Å². The number of hydrogen-bond donors (Lipinski definition) is 0. The van der Waals surface area contributed by atoms with Crippen molar-refractivity contribution >= 4 is 5.91 Å². The largest absolute Gasteiger partial charge is 0.339 e. The van der Waals surface area contributed by atoms with Crippen LogP contribution in [0.25, 0.3) is 0 Å². The van der Waals surface area contributed by atoms with Crippen molar-refractivity contribution in [1.29, 1.82) is 0 Å². The van der Waals surface area contributed by atoms with E-state index in [1.54, 1.807) is 0 Å². The molecule has 0 bridgehead atoms. The van der Waals surface area contributed by atoms with Crippen LogP contribution in [0.4, 0.5) is 0 Å². The molecule has 0 aromatic heterocycles. The molecule has 0 aromatic rings. The Bertz CT molecular complexity index is 313. The van der Waals surface area contributed by atoms with Crippen molar-refractivity contribution in [3.8, 4) is 0 Å². The lowest BCUT2D eigenvalue weighted by atomic mass is 10.1. The van der Waals surface area contributed by atoms with E-state index in [2.05, 4.69) is 28.7 Å². The van der Waals surface area contributed by atoms with E-state index in [1.807, 2.05) is 0 Å². The minimum atomic E-state index is 0.158. The Hall–Kier alpha value is -0.610. The van der Waals surface area contributed by atoms with E-state index in [4.69, 9.17) is 0 Å². The van der Waals surface area contributed by atoms with Gasteiger partial charge in [0.2, 0.25) is 5.91 Å². The summed E-state index contributed by atoms with van der Waals surface area (Å²) < 4.78 is 0. The average molecular weight is 295 g/mol. The second kappa shape index (κ2) is 8.74. The van der Waals surface area contributed by atoms with Gasteiger partial charge in [-0.2, -0.15) is 0 Å². The van der Waals surface area contributed by atoms with Crippen LogP contribution in [0.3, 0.4) is 0 Å². The van der Waals surface area contributed by atoms with Crippen LogP contribution in [0.2, 0.25) is 0 Å². The van der Waals surface area contributed by atoms with Gasteiger partial charge >= 0.3 is 0 Å². The first-order chi connectivity index (χ1) is 10.2. The third kappa shape index (κ3) is 4.96. The second-order valence-corrected chi connectivity index (χ2v) is 6.72. The fourth-order valence-electron chi connectivity index (χ4n) is 3.56. The molecule has 0 saturated carbocycles. The Morgan fingerprint density at radius 1 is 1.00 bits per heavy atom. The van der Waals surface area contributed by atoms with E-state index in [1.165, 1.54) is 45.1 Å². The molecule has 0 aromatic carbocycles. The van der Waals surface area contributed by atoms with Gasteiger partial charge in [0.15, 0.2) is 0 Å². The third-order valence-corrected chi connectivity index (χ3v) is 5.07. The van der Waals surface area contributed by atoms with Gasteiger partial charge in [0.25, 0.3) is 0 Å². The molecule has 2 saturated heterocycles. The van der Waals surface area contributed by atoms with Crippen molar-refractivity contribution in [2.24, 2.45) is 0 Å². The van der Waals surface area contributed by atoms with Crippen LogP contribution >= 0.6 is 0 Å². The Labute approximate surface area is 130 Å². The summed E-state index contributed by atoms with van der Waals surface area (Å²) in [5.74, 6) is 0.373. The highest BCUT2D eigenvalue weighted by atomic mass is 16.2. The topological polar surface area (TPSA) is 26.8 Å². The van der Waals surface area contributed by atoms with Crippen molar-refractivity contribution in [2.45, 2.75) is 57.9 Å². The molecule has 4 heteroatoms. The molecule has 2 aliphatic rings. The molecule has 1 amide bonds. The maximum Gasteiger partial charge on any atom is 0.240 e. The summed E-state index contributed by atoms with van der Waals surface area (Å²) in [5, 5.41) is 0. The maximum absolute atomic E-state index is 12.5. The normalized spacial score (nSPS) is 24.7. The van der Waals surface area contributed by atoms with Gasteiger partial charge in [-0.15, -0.1) is 0 Å². The van der Waals surface area contributed by atoms with Gasteiger partial charge < -0.3 is 4.90 Å². The number of likely N-dealkylation sites (N-methyl/N-ethyl adjacent to an activating group) is 1. The number of rotatable bonds is 7. The molecule has 0 unspecified atom stereocenters. The Kier molecular flexibility index (Phi) is 6.97. The molecular weight excluding hydrogens is 262 g/mol. The number of carbonyl (C=O) groups excluding carboxylic acids is 1. The Balaban J connectivity index is 1.62. The molecule has 2 rings (SSSR count).